The zero-order valence-corrected chi connectivity index (χ0v) is 11.1. The molecule has 0 aromatic rings. The second kappa shape index (κ2) is 6.55. The quantitative estimate of drug-likeness (QED) is 0.491. The van der Waals surface area contributed by atoms with Crippen LogP contribution >= 0.6 is 0 Å². The molecule has 1 atom stereocenters. The number of rotatable bonds is 0. The van der Waals surface area contributed by atoms with Gasteiger partial charge in [0.05, 0.1) is 0 Å². The van der Waals surface area contributed by atoms with Gasteiger partial charge in [0.15, 0.2) is 0 Å². The Labute approximate surface area is 96.8 Å². The summed E-state index contributed by atoms with van der Waals surface area (Å²) in [5, 5.41) is 0. The highest BCUT2D eigenvalue weighted by Crippen LogP contribution is 2.32. The molecule has 0 aromatic carbocycles. The van der Waals surface area contributed by atoms with Crippen molar-refractivity contribution < 1.29 is 0 Å². The molecule has 0 radical (unpaired) electrons. The van der Waals surface area contributed by atoms with E-state index in [1.807, 2.05) is 0 Å². The molecule has 0 spiro atoms. The maximum absolute atomic E-state index is 2.46. The molecule has 0 heterocycles. The Bertz CT molecular complexity index is 157. The van der Waals surface area contributed by atoms with Crippen LogP contribution in [0.1, 0.15) is 85.0 Å². The topological polar surface area (TPSA) is 0 Å². The first-order valence-corrected chi connectivity index (χ1v) is 7.10. The van der Waals surface area contributed by atoms with Crippen LogP contribution < -0.4 is 0 Å². The van der Waals surface area contributed by atoms with E-state index in [0.29, 0.717) is 5.41 Å². The molecular formula is C15H30. The van der Waals surface area contributed by atoms with E-state index in [0.717, 1.165) is 5.92 Å². The van der Waals surface area contributed by atoms with Crippen molar-refractivity contribution in [1.29, 1.82) is 0 Å². The van der Waals surface area contributed by atoms with Crippen LogP contribution in [-0.4, -0.2) is 0 Å². The van der Waals surface area contributed by atoms with Gasteiger partial charge in [-0.2, -0.15) is 0 Å². The van der Waals surface area contributed by atoms with Gasteiger partial charge in [-0.3, -0.25) is 0 Å². The second-order valence-corrected chi connectivity index (χ2v) is 6.47. The number of hydrogen-bond acceptors (Lipinski definition) is 0. The lowest BCUT2D eigenvalue weighted by molar-refractivity contribution is 0.258. The highest BCUT2D eigenvalue weighted by molar-refractivity contribution is 4.71. The fraction of sp³-hybridized carbons (Fsp3) is 1.00. The fourth-order valence-corrected chi connectivity index (χ4v) is 2.71. The third-order valence-corrected chi connectivity index (χ3v) is 4.11. The van der Waals surface area contributed by atoms with Gasteiger partial charge in [0, 0.05) is 0 Å². The summed E-state index contributed by atoms with van der Waals surface area (Å²) in [6, 6.07) is 0. The normalized spacial score (nSPS) is 30.2. The lowest BCUT2D eigenvalue weighted by atomic mass is 9.79. The van der Waals surface area contributed by atoms with Gasteiger partial charge in [0.25, 0.3) is 0 Å². The molecule has 90 valence electrons. The first-order chi connectivity index (χ1) is 7.10. The Morgan fingerprint density at radius 3 is 2.07 bits per heavy atom. The molecule has 15 heavy (non-hydrogen) atoms. The van der Waals surface area contributed by atoms with Crippen LogP contribution in [0.25, 0.3) is 0 Å². The van der Waals surface area contributed by atoms with E-state index in [2.05, 4.69) is 20.8 Å². The molecule has 0 saturated heterocycles. The van der Waals surface area contributed by atoms with Gasteiger partial charge in [-0.1, -0.05) is 72.1 Å². The molecule has 1 aliphatic rings. The van der Waals surface area contributed by atoms with Crippen molar-refractivity contribution in [2.24, 2.45) is 11.3 Å². The smallest absolute Gasteiger partial charge is 0.0354 e. The van der Waals surface area contributed by atoms with Crippen LogP contribution in [0.3, 0.4) is 0 Å². The van der Waals surface area contributed by atoms with Crippen molar-refractivity contribution in [1.82, 2.24) is 0 Å². The van der Waals surface area contributed by atoms with Crippen LogP contribution in [0, 0.1) is 11.3 Å². The SMILES string of the molecule is CC1CCCCCCCCC(C)(C)CC1. The van der Waals surface area contributed by atoms with E-state index in [-0.39, 0.29) is 0 Å². The average Bonchev–Trinajstić information content (AvgIpc) is 2.17. The summed E-state index contributed by atoms with van der Waals surface area (Å²) in [6.45, 7) is 7.37. The number of hydrogen-bond donors (Lipinski definition) is 0. The Balaban J connectivity index is 2.35. The van der Waals surface area contributed by atoms with Crippen LogP contribution in [0.15, 0.2) is 0 Å². The summed E-state index contributed by atoms with van der Waals surface area (Å²) >= 11 is 0. The molecule has 0 nitrogen and oxygen atoms in total. The molecule has 0 aliphatic heterocycles. The maximum atomic E-state index is 2.46. The molecule has 0 heteroatoms. The Hall–Kier alpha value is 0. The highest BCUT2D eigenvalue weighted by atomic mass is 14.2. The van der Waals surface area contributed by atoms with Crippen molar-refractivity contribution in [2.45, 2.75) is 85.0 Å². The summed E-state index contributed by atoms with van der Waals surface area (Å²) in [5.74, 6) is 0.962. The summed E-state index contributed by atoms with van der Waals surface area (Å²) < 4.78 is 0. The lowest BCUT2D eigenvalue weighted by Gasteiger charge is -2.27. The van der Waals surface area contributed by atoms with Crippen molar-refractivity contribution in [3.63, 3.8) is 0 Å². The van der Waals surface area contributed by atoms with Gasteiger partial charge in [-0.05, 0) is 24.2 Å². The molecule has 0 aromatic heterocycles. The van der Waals surface area contributed by atoms with Crippen LogP contribution in [0.4, 0.5) is 0 Å². The molecule has 1 aliphatic carbocycles. The van der Waals surface area contributed by atoms with Crippen molar-refractivity contribution in [3.05, 3.63) is 0 Å². The zero-order valence-electron chi connectivity index (χ0n) is 11.1. The Kier molecular flexibility index (Phi) is 5.71. The van der Waals surface area contributed by atoms with Crippen LogP contribution in [0.2, 0.25) is 0 Å². The van der Waals surface area contributed by atoms with E-state index in [9.17, 15) is 0 Å². The third-order valence-electron chi connectivity index (χ3n) is 4.11. The van der Waals surface area contributed by atoms with Gasteiger partial charge < -0.3 is 0 Å². The molecule has 0 amide bonds. The molecule has 1 saturated carbocycles. The minimum atomic E-state index is 0.605. The molecule has 0 N–H and O–H groups in total. The zero-order chi connectivity index (χ0) is 11.1. The molecule has 1 fully saturated rings. The standard InChI is InChI=1S/C15H30/c1-14-10-8-6-4-5-7-9-12-15(2,3)13-11-14/h14H,4-13H2,1-3H3. The summed E-state index contributed by atoms with van der Waals surface area (Å²) in [4.78, 5) is 0. The summed E-state index contributed by atoms with van der Waals surface area (Å²) in [7, 11) is 0. The first kappa shape index (κ1) is 13.1. The average molecular weight is 210 g/mol. The van der Waals surface area contributed by atoms with E-state index >= 15 is 0 Å². The van der Waals surface area contributed by atoms with Crippen molar-refractivity contribution in [2.75, 3.05) is 0 Å². The second-order valence-electron chi connectivity index (χ2n) is 6.47. The molecule has 1 rings (SSSR count). The van der Waals surface area contributed by atoms with E-state index < -0.39 is 0 Å². The van der Waals surface area contributed by atoms with E-state index in [4.69, 9.17) is 0 Å². The Morgan fingerprint density at radius 1 is 0.733 bits per heavy atom. The molecular weight excluding hydrogens is 180 g/mol. The fourth-order valence-electron chi connectivity index (χ4n) is 2.71. The third kappa shape index (κ3) is 6.22. The van der Waals surface area contributed by atoms with Crippen molar-refractivity contribution in [3.8, 4) is 0 Å². The van der Waals surface area contributed by atoms with Gasteiger partial charge in [0.1, 0.15) is 0 Å². The highest BCUT2D eigenvalue weighted by Gasteiger charge is 2.18. The largest absolute Gasteiger partial charge is 0.0625 e. The minimum Gasteiger partial charge on any atom is -0.0625 e. The van der Waals surface area contributed by atoms with Gasteiger partial charge in [0.2, 0.25) is 0 Å². The molecule has 0 bridgehead atoms. The van der Waals surface area contributed by atoms with Crippen molar-refractivity contribution >= 4 is 0 Å². The van der Waals surface area contributed by atoms with E-state index in [1.165, 1.54) is 64.2 Å². The van der Waals surface area contributed by atoms with Gasteiger partial charge in [-0.25, -0.2) is 0 Å². The monoisotopic (exact) mass is 210 g/mol. The van der Waals surface area contributed by atoms with Crippen LogP contribution in [-0.2, 0) is 0 Å². The van der Waals surface area contributed by atoms with Crippen LogP contribution in [0.5, 0.6) is 0 Å². The Morgan fingerprint density at radius 2 is 1.33 bits per heavy atom. The predicted molar refractivity (Wildman–Crippen MR) is 69.1 cm³/mol. The predicted octanol–water partition coefficient (Wildman–Crippen LogP) is 5.56. The maximum Gasteiger partial charge on any atom is -0.0354 e. The molecule has 1 unspecified atom stereocenters. The lowest BCUT2D eigenvalue weighted by Crippen LogP contribution is -2.13. The summed E-state index contributed by atoms with van der Waals surface area (Å²) in [5.41, 5.74) is 0.605. The minimum absolute atomic E-state index is 0.605. The van der Waals surface area contributed by atoms with Gasteiger partial charge in [-0.15, -0.1) is 0 Å². The van der Waals surface area contributed by atoms with Gasteiger partial charge >= 0.3 is 0 Å². The first-order valence-electron chi connectivity index (χ1n) is 7.10. The van der Waals surface area contributed by atoms with E-state index in [1.54, 1.807) is 0 Å². The summed E-state index contributed by atoms with van der Waals surface area (Å²) in [6.07, 6.45) is 14.6.